The summed E-state index contributed by atoms with van der Waals surface area (Å²) in [6, 6.07) is 5.87. The fraction of sp³-hybridized carbons (Fsp3) is 0.235. The van der Waals surface area contributed by atoms with Gasteiger partial charge in [0.1, 0.15) is 5.76 Å². The molecule has 1 amide bonds. The Hall–Kier alpha value is -2.47. The molecule has 1 N–H and O–H groups in total. The number of amides is 1. The molecule has 3 aromatic rings. The minimum atomic E-state index is -0.319. The topological polar surface area (TPSA) is 68.0 Å². The van der Waals surface area contributed by atoms with Crippen LogP contribution in [0, 0.1) is 27.7 Å². The molecule has 0 unspecified atom stereocenters. The fourth-order valence-corrected chi connectivity index (χ4v) is 3.36. The van der Waals surface area contributed by atoms with Gasteiger partial charge in [0.05, 0.1) is 5.69 Å². The van der Waals surface area contributed by atoms with Gasteiger partial charge >= 0.3 is 0 Å². The summed E-state index contributed by atoms with van der Waals surface area (Å²) in [4.78, 5) is 16.6. The van der Waals surface area contributed by atoms with Crippen LogP contribution in [0.3, 0.4) is 0 Å². The van der Waals surface area contributed by atoms with Gasteiger partial charge in [0.15, 0.2) is 10.8 Å². The van der Waals surface area contributed by atoms with Crippen LogP contribution in [0.2, 0.25) is 0 Å². The number of carbonyl (C=O) groups excluding carboxylic acids is 1. The van der Waals surface area contributed by atoms with Gasteiger partial charge < -0.3 is 4.52 Å². The highest BCUT2D eigenvalue weighted by Gasteiger charge is 2.15. The minimum absolute atomic E-state index is 0.252. The van der Waals surface area contributed by atoms with Crippen molar-refractivity contribution in [3.05, 3.63) is 51.7 Å². The van der Waals surface area contributed by atoms with Crippen molar-refractivity contribution in [2.45, 2.75) is 27.7 Å². The minimum Gasteiger partial charge on any atom is -0.361 e. The van der Waals surface area contributed by atoms with E-state index < -0.39 is 0 Å². The van der Waals surface area contributed by atoms with Crippen LogP contribution in [0.4, 0.5) is 5.13 Å². The smallest absolute Gasteiger partial charge is 0.279 e. The average Bonchev–Trinajstić information content (AvgIpc) is 3.07. The maximum absolute atomic E-state index is 12.1. The molecule has 5 nitrogen and oxygen atoms in total. The molecule has 0 saturated heterocycles. The zero-order valence-corrected chi connectivity index (χ0v) is 14.2. The second-order valence-electron chi connectivity index (χ2n) is 5.59. The summed E-state index contributed by atoms with van der Waals surface area (Å²) < 4.78 is 4.91. The van der Waals surface area contributed by atoms with Gasteiger partial charge in [0.25, 0.3) is 5.91 Å². The molecule has 0 radical (unpaired) electrons. The first-order chi connectivity index (χ1) is 10.9. The molecule has 3 rings (SSSR count). The van der Waals surface area contributed by atoms with Crippen molar-refractivity contribution in [3.8, 4) is 11.3 Å². The van der Waals surface area contributed by atoms with Crippen LogP contribution < -0.4 is 5.32 Å². The third kappa shape index (κ3) is 3.17. The van der Waals surface area contributed by atoms with Crippen LogP contribution >= 0.6 is 11.3 Å². The summed E-state index contributed by atoms with van der Waals surface area (Å²) in [7, 11) is 0. The zero-order valence-electron chi connectivity index (χ0n) is 13.4. The highest BCUT2D eigenvalue weighted by molar-refractivity contribution is 7.14. The first-order valence-electron chi connectivity index (χ1n) is 7.22. The number of benzene rings is 1. The molecule has 0 fully saturated rings. The number of anilines is 1. The molecule has 118 valence electrons. The van der Waals surface area contributed by atoms with Crippen molar-refractivity contribution in [1.29, 1.82) is 0 Å². The molecule has 0 spiro atoms. The molecule has 0 aliphatic carbocycles. The van der Waals surface area contributed by atoms with Crippen molar-refractivity contribution < 1.29 is 9.32 Å². The lowest BCUT2D eigenvalue weighted by Gasteiger charge is -2.08. The molecule has 0 atom stereocenters. The molecular formula is C17H17N3O2S. The van der Waals surface area contributed by atoms with Gasteiger partial charge in [0.2, 0.25) is 0 Å². The van der Waals surface area contributed by atoms with E-state index in [0.717, 1.165) is 11.3 Å². The van der Waals surface area contributed by atoms with Crippen molar-refractivity contribution in [2.24, 2.45) is 0 Å². The molecule has 0 saturated carbocycles. The van der Waals surface area contributed by atoms with E-state index in [1.807, 2.05) is 5.38 Å². The third-order valence-electron chi connectivity index (χ3n) is 3.52. The average molecular weight is 327 g/mol. The van der Waals surface area contributed by atoms with Gasteiger partial charge in [-0.2, -0.15) is 0 Å². The number of carbonyl (C=O) groups is 1. The van der Waals surface area contributed by atoms with Crippen LogP contribution in [0.1, 0.15) is 32.9 Å². The Morgan fingerprint density at radius 2 is 1.83 bits per heavy atom. The summed E-state index contributed by atoms with van der Waals surface area (Å²) in [5.74, 6) is 0.279. The van der Waals surface area contributed by atoms with Gasteiger partial charge in [0, 0.05) is 17.0 Å². The SMILES string of the molecule is Cc1cc(C)c(-c2csc(NC(=O)c3cc(C)on3)n2)c(C)c1. The lowest BCUT2D eigenvalue weighted by molar-refractivity contribution is 0.101. The van der Waals surface area contributed by atoms with Crippen LogP contribution in [0.25, 0.3) is 11.3 Å². The van der Waals surface area contributed by atoms with Crippen molar-refractivity contribution in [3.63, 3.8) is 0 Å². The van der Waals surface area contributed by atoms with E-state index >= 15 is 0 Å². The summed E-state index contributed by atoms with van der Waals surface area (Å²) in [5.41, 5.74) is 5.83. The zero-order chi connectivity index (χ0) is 16.6. The molecule has 1 aromatic carbocycles. The Morgan fingerprint density at radius 3 is 2.43 bits per heavy atom. The molecule has 0 aliphatic heterocycles. The monoisotopic (exact) mass is 327 g/mol. The van der Waals surface area contributed by atoms with Crippen LogP contribution in [-0.2, 0) is 0 Å². The normalized spacial score (nSPS) is 10.8. The van der Waals surface area contributed by atoms with E-state index in [9.17, 15) is 4.79 Å². The van der Waals surface area contributed by atoms with Crippen LogP contribution in [0.5, 0.6) is 0 Å². The maximum Gasteiger partial charge on any atom is 0.279 e. The van der Waals surface area contributed by atoms with E-state index in [1.54, 1.807) is 13.0 Å². The van der Waals surface area contributed by atoms with E-state index in [-0.39, 0.29) is 11.6 Å². The van der Waals surface area contributed by atoms with E-state index in [0.29, 0.717) is 10.9 Å². The Labute approximate surface area is 138 Å². The van der Waals surface area contributed by atoms with E-state index in [4.69, 9.17) is 4.52 Å². The predicted molar refractivity (Wildman–Crippen MR) is 91.0 cm³/mol. The third-order valence-corrected chi connectivity index (χ3v) is 4.28. The van der Waals surface area contributed by atoms with Crippen molar-refractivity contribution in [2.75, 3.05) is 5.32 Å². The Bertz CT molecular complexity index is 857. The lowest BCUT2D eigenvalue weighted by Crippen LogP contribution is -2.11. The highest BCUT2D eigenvalue weighted by atomic mass is 32.1. The van der Waals surface area contributed by atoms with Crippen LogP contribution in [0.15, 0.2) is 28.1 Å². The first kappa shape index (κ1) is 15.4. The molecule has 23 heavy (non-hydrogen) atoms. The standard InChI is InChI=1S/C17H17N3O2S/c1-9-5-10(2)15(11(3)6-9)14-8-23-17(18-14)19-16(21)13-7-12(4)22-20-13/h5-8H,1-4H3,(H,18,19,21). The van der Waals surface area contributed by atoms with Crippen LogP contribution in [-0.4, -0.2) is 16.0 Å². The number of hydrogen-bond donors (Lipinski definition) is 1. The number of nitrogens with one attached hydrogen (secondary N) is 1. The first-order valence-corrected chi connectivity index (χ1v) is 8.10. The largest absolute Gasteiger partial charge is 0.361 e. The number of rotatable bonds is 3. The summed E-state index contributed by atoms with van der Waals surface area (Å²) in [6.45, 7) is 7.97. The fourth-order valence-electron chi connectivity index (χ4n) is 2.66. The molecule has 6 heteroatoms. The summed E-state index contributed by atoms with van der Waals surface area (Å²) in [6.07, 6.45) is 0. The van der Waals surface area contributed by atoms with Gasteiger partial charge in [-0.05, 0) is 38.8 Å². The second kappa shape index (κ2) is 5.96. The highest BCUT2D eigenvalue weighted by Crippen LogP contribution is 2.31. The Balaban J connectivity index is 1.85. The van der Waals surface area contributed by atoms with Gasteiger partial charge in [-0.15, -0.1) is 11.3 Å². The lowest BCUT2D eigenvalue weighted by atomic mass is 9.98. The molecule has 2 heterocycles. The maximum atomic E-state index is 12.1. The van der Waals surface area contributed by atoms with Gasteiger partial charge in [-0.25, -0.2) is 4.98 Å². The van der Waals surface area contributed by atoms with Gasteiger partial charge in [-0.3, -0.25) is 10.1 Å². The summed E-state index contributed by atoms with van der Waals surface area (Å²) in [5, 5.41) is 8.96. The van der Waals surface area contributed by atoms with Gasteiger partial charge in [-0.1, -0.05) is 22.9 Å². The van der Waals surface area contributed by atoms with E-state index in [1.165, 1.54) is 28.0 Å². The number of thiazole rings is 1. The predicted octanol–water partition coefficient (Wildman–Crippen LogP) is 4.28. The summed E-state index contributed by atoms with van der Waals surface area (Å²) >= 11 is 1.39. The molecule has 0 bridgehead atoms. The molecule has 2 aromatic heterocycles. The number of nitrogens with zero attached hydrogens (tertiary/aromatic N) is 2. The number of aryl methyl sites for hydroxylation is 4. The molecule has 0 aliphatic rings. The second-order valence-corrected chi connectivity index (χ2v) is 6.45. The van der Waals surface area contributed by atoms with E-state index in [2.05, 4.69) is 48.4 Å². The van der Waals surface area contributed by atoms with Crippen molar-refractivity contribution >= 4 is 22.4 Å². The number of aromatic nitrogens is 2. The Morgan fingerprint density at radius 1 is 1.13 bits per heavy atom. The molecular weight excluding hydrogens is 310 g/mol. The number of hydrogen-bond acceptors (Lipinski definition) is 5. The quantitative estimate of drug-likeness (QED) is 0.779. The Kier molecular flexibility index (Phi) is 4.00. The van der Waals surface area contributed by atoms with Crippen molar-refractivity contribution in [1.82, 2.24) is 10.1 Å².